The van der Waals surface area contributed by atoms with Crippen molar-refractivity contribution in [1.82, 2.24) is 19.7 Å². The first-order valence-corrected chi connectivity index (χ1v) is 7.69. The molecule has 0 saturated heterocycles. The smallest absolute Gasteiger partial charge is 0.258 e. The van der Waals surface area contributed by atoms with Crippen LogP contribution in [-0.2, 0) is 13.0 Å². The van der Waals surface area contributed by atoms with Gasteiger partial charge in [0.1, 0.15) is 5.65 Å². The number of rotatable bonds is 5. The molecule has 6 heteroatoms. The van der Waals surface area contributed by atoms with Crippen LogP contribution in [0.15, 0.2) is 40.6 Å². The summed E-state index contributed by atoms with van der Waals surface area (Å²) in [6.07, 6.45) is 2.61. The molecular weight excluding hydrogens is 284 g/mol. The van der Waals surface area contributed by atoms with Crippen molar-refractivity contribution in [2.75, 3.05) is 6.54 Å². The van der Waals surface area contributed by atoms with E-state index in [2.05, 4.69) is 20.7 Å². The molecule has 0 amide bonds. The van der Waals surface area contributed by atoms with Crippen LogP contribution in [-0.4, -0.2) is 20.9 Å². The van der Waals surface area contributed by atoms with E-state index in [1.807, 2.05) is 25.1 Å². The van der Waals surface area contributed by atoms with Crippen molar-refractivity contribution in [2.24, 2.45) is 0 Å². The highest BCUT2D eigenvalue weighted by Crippen LogP contribution is 2.07. The summed E-state index contributed by atoms with van der Waals surface area (Å²) in [6.45, 7) is 3.41. The van der Waals surface area contributed by atoms with Crippen molar-refractivity contribution in [1.29, 1.82) is 0 Å². The number of hydrogen-bond acceptors (Lipinski definition) is 5. The van der Waals surface area contributed by atoms with E-state index in [1.165, 1.54) is 0 Å². The zero-order valence-corrected chi connectivity index (χ0v) is 12.6. The van der Waals surface area contributed by atoms with Crippen molar-refractivity contribution in [3.05, 3.63) is 62.6 Å². The minimum Gasteiger partial charge on any atom is -0.311 e. The summed E-state index contributed by atoms with van der Waals surface area (Å²) >= 11 is 1.67. The molecule has 0 bridgehead atoms. The van der Waals surface area contributed by atoms with Gasteiger partial charge < -0.3 is 5.32 Å². The fraction of sp³-hybridized carbons (Fsp3) is 0.267. The third-order valence-corrected chi connectivity index (χ3v) is 3.98. The van der Waals surface area contributed by atoms with Gasteiger partial charge in [-0.25, -0.2) is 9.97 Å². The Hall–Kier alpha value is -2.05. The monoisotopic (exact) mass is 300 g/mol. The van der Waals surface area contributed by atoms with Crippen LogP contribution in [0, 0.1) is 6.92 Å². The minimum absolute atomic E-state index is 0.0486. The molecule has 0 aliphatic heterocycles. The number of thiazole rings is 1. The van der Waals surface area contributed by atoms with E-state index in [9.17, 15) is 4.79 Å². The summed E-state index contributed by atoms with van der Waals surface area (Å²) in [5.74, 6) is 0. The summed E-state index contributed by atoms with van der Waals surface area (Å²) in [5, 5.41) is 6.48. The second-order valence-electron chi connectivity index (χ2n) is 4.80. The number of fused-ring (bicyclic) bond motifs is 1. The van der Waals surface area contributed by atoms with E-state index >= 15 is 0 Å². The maximum absolute atomic E-state index is 11.9. The number of nitrogens with zero attached hydrogens (tertiary/aromatic N) is 3. The first-order valence-electron chi connectivity index (χ1n) is 6.81. The number of aryl methyl sites for hydroxylation is 1. The van der Waals surface area contributed by atoms with E-state index in [0.717, 1.165) is 29.4 Å². The third-order valence-electron chi connectivity index (χ3n) is 3.15. The molecule has 0 spiro atoms. The Bertz CT molecular complexity index is 809. The van der Waals surface area contributed by atoms with Gasteiger partial charge in [-0.3, -0.25) is 9.20 Å². The molecular formula is C15H16N4OS. The van der Waals surface area contributed by atoms with Crippen molar-refractivity contribution < 1.29 is 0 Å². The Morgan fingerprint density at radius 2 is 2.19 bits per heavy atom. The van der Waals surface area contributed by atoms with Gasteiger partial charge in [0.25, 0.3) is 5.56 Å². The number of hydrogen-bond donors (Lipinski definition) is 1. The Morgan fingerprint density at radius 1 is 1.29 bits per heavy atom. The number of nitrogens with one attached hydrogen (secondary N) is 1. The molecule has 21 heavy (non-hydrogen) atoms. The Kier molecular flexibility index (Phi) is 4.08. The van der Waals surface area contributed by atoms with Crippen LogP contribution in [0.4, 0.5) is 0 Å². The molecule has 5 nitrogen and oxygen atoms in total. The molecule has 0 aliphatic rings. The summed E-state index contributed by atoms with van der Waals surface area (Å²) in [6, 6.07) is 7.11. The van der Waals surface area contributed by atoms with Gasteiger partial charge in [-0.15, -0.1) is 11.3 Å². The largest absolute Gasteiger partial charge is 0.311 e. The zero-order valence-electron chi connectivity index (χ0n) is 11.7. The molecule has 0 radical (unpaired) electrons. The van der Waals surface area contributed by atoms with E-state index in [1.54, 1.807) is 28.0 Å². The Balaban J connectivity index is 1.61. The summed E-state index contributed by atoms with van der Waals surface area (Å²) in [5.41, 5.74) is 2.50. The Morgan fingerprint density at radius 3 is 3.00 bits per heavy atom. The highest BCUT2D eigenvalue weighted by molar-refractivity contribution is 7.09. The van der Waals surface area contributed by atoms with E-state index in [4.69, 9.17) is 0 Å². The van der Waals surface area contributed by atoms with Gasteiger partial charge in [0.05, 0.1) is 16.4 Å². The molecule has 108 valence electrons. The summed E-state index contributed by atoms with van der Waals surface area (Å²) < 4.78 is 1.54. The molecule has 0 fully saturated rings. The topological polar surface area (TPSA) is 59.3 Å². The minimum atomic E-state index is -0.0486. The molecule has 0 aromatic carbocycles. The van der Waals surface area contributed by atoms with Gasteiger partial charge >= 0.3 is 0 Å². The SMILES string of the molecule is Cc1nc(CCNCc2cc(=O)n3ccccc3n2)cs1. The highest BCUT2D eigenvalue weighted by Gasteiger charge is 2.02. The molecule has 3 aromatic rings. The van der Waals surface area contributed by atoms with Gasteiger partial charge in [0.2, 0.25) is 0 Å². The molecule has 0 aliphatic carbocycles. The Labute approximate surface area is 126 Å². The molecule has 0 atom stereocenters. The van der Waals surface area contributed by atoms with Crippen LogP contribution in [0.25, 0.3) is 5.65 Å². The van der Waals surface area contributed by atoms with Gasteiger partial charge in [-0.05, 0) is 19.1 Å². The lowest BCUT2D eigenvalue weighted by molar-refractivity contribution is 0.668. The first kappa shape index (κ1) is 13.9. The molecule has 0 saturated carbocycles. The number of aromatic nitrogens is 3. The number of pyridine rings is 1. The predicted molar refractivity (Wildman–Crippen MR) is 83.7 cm³/mol. The highest BCUT2D eigenvalue weighted by atomic mass is 32.1. The van der Waals surface area contributed by atoms with Crippen LogP contribution in [0.5, 0.6) is 0 Å². The van der Waals surface area contributed by atoms with Crippen LogP contribution in [0.3, 0.4) is 0 Å². The quantitative estimate of drug-likeness (QED) is 0.730. The summed E-state index contributed by atoms with van der Waals surface area (Å²) in [4.78, 5) is 20.8. The molecule has 0 unspecified atom stereocenters. The maximum Gasteiger partial charge on any atom is 0.258 e. The van der Waals surface area contributed by atoms with Gasteiger partial charge in [-0.2, -0.15) is 0 Å². The van der Waals surface area contributed by atoms with Crippen LogP contribution in [0.1, 0.15) is 16.4 Å². The second kappa shape index (κ2) is 6.15. The van der Waals surface area contributed by atoms with Gasteiger partial charge in [0.15, 0.2) is 0 Å². The standard InChI is InChI=1S/C15H16N4OS/c1-11-17-12(10-21-11)5-6-16-9-13-8-15(20)19-7-3-2-4-14(19)18-13/h2-4,7-8,10,16H,5-6,9H2,1H3. The normalized spacial score (nSPS) is 11.1. The molecule has 3 heterocycles. The predicted octanol–water partition coefficient (Wildman–Crippen LogP) is 1.79. The van der Waals surface area contributed by atoms with Crippen LogP contribution >= 0.6 is 11.3 Å². The molecule has 3 aromatic heterocycles. The summed E-state index contributed by atoms with van der Waals surface area (Å²) in [7, 11) is 0. The van der Waals surface area contributed by atoms with Crippen LogP contribution in [0.2, 0.25) is 0 Å². The van der Waals surface area contributed by atoms with Crippen LogP contribution < -0.4 is 10.9 Å². The van der Waals surface area contributed by atoms with Crippen molar-refractivity contribution in [3.8, 4) is 0 Å². The lowest BCUT2D eigenvalue weighted by Crippen LogP contribution is -2.21. The van der Waals surface area contributed by atoms with Gasteiger partial charge in [-0.1, -0.05) is 6.07 Å². The zero-order chi connectivity index (χ0) is 14.7. The van der Waals surface area contributed by atoms with E-state index in [0.29, 0.717) is 12.2 Å². The average Bonchev–Trinajstić information content (AvgIpc) is 2.89. The van der Waals surface area contributed by atoms with E-state index < -0.39 is 0 Å². The first-order chi connectivity index (χ1) is 10.2. The molecule has 3 rings (SSSR count). The molecule has 1 N–H and O–H groups in total. The fourth-order valence-corrected chi connectivity index (χ4v) is 2.80. The average molecular weight is 300 g/mol. The lowest BCUT2D eigenvalue weighted by Gasteiger charge is -2.05. The fourth-order valence-electron chi connectivity index (χ4n) is 2.15. The van der Waals surface area contributed by atoms with E-state index in [-0.39, 0.29) is 5.56 Å². The maximum atomic E-state index is 11.9. The van der Waals surface area contributed by atoms with Crippen molar-refractivity contribution >= 4 is 17.0 Å². The lowest BCUT2D eigenvalue weighted by atomic mass is 10.3. The third kappa shape index (κ3) is 3.34. The second-order valence-corrected chi connectivity index (χ2v) is 5.86. The van der Waals surface area contributed by atoms with Crippen molar-refractivity contribution in [3.63, 3.8) is 0 Å². The van der Waals surface area contributed by atoms with Gasteiger partial charge in [0, 0.05) is 37.2 Å². The van der Waals surface area contributed by atoms with Crippen molar-refractivity contribution in [2.45, 2.75) is 19.9 Å².